The van der Waals surface area contributed by atoms with Gasteiger partial charge in [-0.15, -0.1) is 0 Å². The van der Waals surface area contributed by atoms with Gasteiger partial charge < -0.3 is 10.3 Å². The molecule has 2 aromatic heterocycles. The van der Waals surface area contributed by atoms with E-state index in [9.17, 15) is 4.79 Å². The average molecular weight is 190 g/mol. The van der Waals surface area contributed by atoms with Crippen molar-refractivity contribution in [3.63, 3.8) is 0 Å². The highest BCUT2D eigenvalue weighted by molar-refractivity contribution is 5.88. The summed E-state index contributed by atoms with van der Waals surface area (Å²) in [7, 11) is 1.70. The van der Waals surface area contributed by atoms with Gasteiger partial charge in [0.15, 0.2) is 0 Å². The molecule has 0 saturated carbocycles. The standard InChI is InChI=1S/C9H10N4O/c1-5-11-3-6-4-12-9(14)8(10-2)7(6)13-5/h3-4,10H,1-2H3,(H,12,14). The second kappa shape index (κ2) is 3.10. The van der Waals surface area contributed by atoms with E-state index in [1.54, 1.807) is 26.4 Å². The molecule has 0 amide bonds. The number of nitrogens with one attached hydrogen (secondary N) is 2. The van der Waals surface area contributed by atoms with Crippen LogP contribution in [-0.4, -0.2) is 22.0 Å². The van der Waals surface area contributed by atoms with Gasteiger partial charge in [0.05, 0.1) is 0 Å². The molecule has 0 aliphatic carbocycles. The van der Waals surface area contributed by atoms with E-state index in [-0.39, 0.29) is 5.56 Å². The first-order valence-corrected chi connectivity index (χ1v) is 4.25. The van der Waals surface area contributed by atoms with Gasteiger partial charge in [0.25, 0.3) is 5.56 Å². The predicted molar refractivity (Wildman–Crippen MR) is 54.4 cm³/mol. The molecule has 0 unspecified atom stereocenters. The number of H-pyrrole nitrogens is 1. The van der Waals surface area contributed by atoms with Crippen LogP contribution >= 0.6 is 0 Å². The Bertz CT molecular complexity index is 532. The molecular formula is C9H10N4O. The lowest BCUT2D eigenvalue weighted by atomic mass is 10.3. The van der Waals surface area contributed by atoms with Crippen LogP contribution in [0.4, 0.5) is 5.69 Å². The third kappa shape index (κ3) is 1.22. The van der Waals surface area contributed by atoms with Crippen LogP contribution in [0.1, 0.15) is 5.82 Å². The van der Waals surface area contributed by atoms with Gasteiger partial charge in [0.1, 0.15) is 17.0 Å². The SMILES string of the molecule is CNc1c(=O)[nH]cc2cnc(C)nc12. The van der Waals surface area contributed by atoms with Crippen molar-refractivity contribution < 1.29 is 0 Å². The smallest absolute Gasteiger partial charge is 0.273 e. The monoisotopic (exact) mass is 190 g/mol. The van der Waals surface area contributed by atoms with E-state index in [0.717, 1.165) is 5.39 Å². The zero-order valence-corrected chi connectivity index (χ0v) is 7.96. The van der Waals surface area contributed by atoms with E-state index in [2.05, 4.69) is 20.3 Å². The minimum atomic E-state index is -0.168. The summed E-state index contributed by atoms with van der Waals surface area (Å²) in [6.45, 7) is 1.79. The minimum Gasteiger partial charge on any atom is -0.382 e. The van der Waals surface area contributed by atoms with Crippen LogP contribution < -0.4 is 10.9 Å². The second-order valence-electron chi connectivity index (χ2n) is 2.96. The molecule has 0 aromatic carbocycles. The Morgan fingerprint density at radius 1 is 1.50 bits per heavy atom. The van der Waals surface area contributed by atoms with Gasteiger partial charge in [-0.3, -0.25) is 4.79 Å². The molecule has 0 bridgehead atoms. The fourth-order valence-electron chi connectivity index (χ4n) is 1.34. The maximum Gasteiger partial charge on any atom is 0.273 e. The van der Waals surface area contributed by atoms with Gasteiger partial charge >= 0.3 is 0 Å². The summed E-state index contributed by atoms with van der Waals surface area (Å²) < 4.78 is 0. The van der Waals surface area contributed by atoms with Crippen LogP contribution in [0.25, 0.3) is 10.9 Å². The Balaban J connectivity index is 2.91. The number of aryl methyl sites for hydroxylation is 1. The van der Waals surface area contributed by atoms with Crippen molar-refractivity contribution in [2.75, 3.05) is 12.4 Å². The van der Waals surface area contributed by atoms with Crippen LogP contribution in [0.15, 0.2) is 17.2 Å². The van der Waals surface area contributed by atoms with Gasteiger partial charge in [0, 0.05) is 24.8 Å². The normalized spacial score (nSPS) is 10.4. The Kier molecular flexibility index (Phi) is 1.92. The number of hydrogen-bond acceptors (Lipinski definition) is 4. The van der Waals surface area contributed by atoms with Crippen molar-refractivity contribution in [1.29, 1.82) is 0 Å². The molecule has 14 heavy (non-hydrogen) atoms. The van der Waals surface area contributed by atoms with Gasteiger partial charge in [0.2, 0.25) is 0 Å². The Labute approximate surface area is 80.2 Å². The quantitative estimate of drug-likeness (QED) is 0.693. The number of anilines is 1. The van der Waals surface area contributed by atoms with E-state index < -0.39 is 0 Å². The minimum absolute atomic E-state index is 0.168. The molecule has 72 valence electrons. The van der Waals surface area contributed by atoms with Crippen molar-refractivity contribution >= 4 is 16.6 Å². The molecule has 2 N–H and O–H groups in total. The molecule has 5 nitrogen and oxygen atoms in total. The van der Waals surface area contributed by atoms with E-state index in [0.29, 0.717) is 17.0 Å². The summed E-state index contributed by atoms with van der Waals surface area (Å²) in [5, 5.41) is 3.65. The molecule has 0 atom stereocenters. The number of hydrogen-bond donors (Lipinski definition) is 2. The number of rotatable bonds is 1. The molecule has 0 saturated heterocycles. The van der Waals surface area contributed by atoms with E-state index in [4.69, 9.17) is 0 Å². The zero-order valence-electron chi connectivity index (χ0n) is 7.96. The topological polar surface area (TPSA) is 70.7 Å². The summed E-state index contributed by atoms with van der Waals surface area (Å²) >= 11 is 0. The summed E-state index contributed by atoms with van der Waals surface area (Å²) in [5.74, 6) is 0.652. The maximum atomic E-state index is 11.4. The Morgan fingerprint density at radius 2 is 2.29 bits per heavy atom. The predicted octanol–water partition coefficient (Wildman–Crippen LogP) is 0.668. The Hall–Kier alpha value is -1.91. The first-order valence-electron chi connectivity index (χ1n) is 4.25. The molecular weight excluding hydrogens is 180 g/mol. The highest BCUT2D eigenvalue weighted by Crippen LogP contribution is 2.14. The van der Waals surface area contributed by atoms with Gasteiger partial charge in [-0.25, -0.2) is 9.97 Å². The van der Waals surface area contributed by atoms with E-state index in [1.807, 2.05) is 0 Å². The first kappa shape index (κ1) is 8.68. The van der Waals surface area contributed by atoms with Crippen molar-refractivity contribution in [2.24, 2.45) is 0 Å². The van der Waals surface area contributed by atoms with E-state index in [1.165, 1.54) is 0 Å². The number of aromatic amines is 1. The van der Waals surface area contributed by atoms with Gasteiger partial charge in [-0.05, 0) is 6.92 Å². The van der Waals surface area contributed by atoms with Crippen molar-refractivity contribution in [3.8, 4) is 0 Å². The zero-order chi connectivity index (χ0) is 10.1. The Morgan fingerprint density at radius 3 is 3.00 bits per heavy atom. The van der Waals surface area contributed by atoms with Crippen LogP contribution in [0, 0.1) is 6.92 Å². The summed E-state index contributed by atoms with van der Waals surface area (Å²) in [5.41, 5.74) is 0.967. The molecule has 0 fully saturated rings. The number of aromatic nitrogens is 3. The fourth-order valence-corrected chi connectivity index (χ4v) is 1.34. The molecule has 0 radical (unpaired) electrons. The van der Waals surface area contributed by atoms with Crippen molar-refractivity contribution in [3.05, 3.63) is 28.6 Å². The van der Waals surface area contributed by atoms with Crippen LogP contribution in [-0.2, 0) is 0 Å². The number of pyridine rings is 1. The third-order valence-electron chi connectivity index (χ3n) is 2.01. The number of fused-ring (bicyclic) bond motifs is 1. The number of nitrogens with zero attached hydrogens (tertiary/aromatic N) is 2. The van der Waals surface area contributed by atoms with Crippen LogP contribution in [0.5, 0.6) is 0 Å². The second-order valence-corrected chi connectivity index (χ2v) is 2.96. The van der Waals surface area contributed by atoms with Crippen molar-refractivity contribution in [2.45, 2.75) is 6.92 Å². The summed E-state index contributed by atoms with van der Waals surface area (Å²) in [4.78, 5) is 22.3. The average Bonchev–Trinajstić information content (AvgIpc) is 2.17. The molecule has 0 aliphatic rings. The fraction of sp³-hybridized carbons (Fsp3) is 0.222. The molecule has 2 heterocycles. The van der Waals surface area contributed by atoms with Crippen LogP contribution in [0.2, 0.25) is 0 Å². The molecule has 0 spiro atoms. The largest absolute Gasteiger partial charge is 0.382 e. The summed E-state index contributed by atoms with van der Waals surface area (Å²) in [6, 6.07) is 0. The lowest BCUT2D eigenvalue weighted by Gasteiger charge is -2.03. The lowest BCUT2D eigenvalue weighted by molar-refractivity contribution is 1.08. The van der Waals surface area contributed by atoms with E-state index >= 15 is 0 Å². The van der Waals surface area contributed by atoms with Gasteiger partial charge in [-0.1, -0.05) is 0 Å². The highest BCUT2D eigenvalue weighted by atomic mass is 16.1. The van der Waals surface area contributed by atoms with Crippen LogP contribution in [0.3, 0.4) is 0 Å². The molecule has 2 rings (SSSR count). The first-order chi connectivity index (χ1) is 6.72. The van der Waals surface area contributed by atoms with Gasteiger partial charge in [-0.2, -0.15) is 0 Å². The maximum absolute atomic E-state index is 11.4. The molecule has 2 aromatic rings. The third-order valence-corrected chi connectivity index (χ3v) is 2.01. The van der Waals surface area contributed by atoms with Crippen molar-refractivity contribution in [1.82, 2.24) is 15.0 Å². The highest BCUT2D eigenvalue weighted by Gasteiger charge is 2.05. The molecule has 5 heteroatoms. The summed E-state index contributed by atoms with van der Waals surface area (Å²) in [6.07, 6.45) is 3.30. The molecule has 0 aliphatic heterocycles. The lowest BCUT2D eigenvalue weighted by Crippen LogP contribution is -2.12.